The van der Waals surface area contributed by atoms with Crippen LogP contribution in [0.25, 0.3) is 0 Å². The van der Waals surface area contributed by atoms with Crippen LogP contribution in [0.1, 0.15) is 11.1 Å². The summed E-state index contributed by atoms with van der Waals surface area (Å²) in [4.78, 5) is 13.1. The summed E-state index contributed by atoms with van der Waals surface area (Å²) in [6.45, 7) is 1.33. The van der Waals surface area contributed by atoms with Gasteiger partial charge in [0, 0.05) is 18.0 Å². The predicted molar refractivity (Wildman–Crippen MR) is 36.8 cm³/mol. The molecule has 0 saturated heterocycles. The molecular weight excluding hydrogens is 171 g/mol. The van der Waals surface area contributed by atoms with Crippen molar-refractivity contribution in [3.63, 3.8) is 0 Å². The first-order valence-electron chi connectivity index (χ1n) is 3.18. The van der Waals surface area contributed by atoms with Crippen LogP contribution in [0.3, 0.4) is 0 Å². The zero-order valence-electron chi connectivity index (χ0n) is 6.20. The molecule has 2 nitrogen and oxygen atoms in total. The number of pyridine rings is 1. The molecule has 0 unspecified atom stereocenters. The molecule has 1 aromatic heterocycles. The molecule has 1 heterocycles. The van der Waals surface area contributed by atoms with E-state index in [1.54, 1.807) is 0 Å². The molecule has 0 aromatic carbocycles. The molecule has 5 heteroatoms. The van der Waals surface area contributed by atoms with Gasteiger partial charge in [-0.05, 0) is 6.92 Å². The molecule has 0 bridgehead atoms. The summed E-state index contributed by atoms with van der Waals surface area (Å²) in [6, 6.07) is 0. The summed E-state index contributed by atoms with van der Waals surface area (Å²) in [7, 11) is 0. The molecule has 0 spiro atoms. The van der Waals surface area contributed by atoms with Crippen molar-refractivity contribution in [2.24, 2.45) is 0 Å². The number of alkyl halides is 3. The Labute approximate surface area is 66.0 Å². The highest BCUT2D eigenvalue weighted by Crippen LogP contribution is 2.25. The third-order valence-electron chi connectivity index (χ3n) is 1.44. The fourth-order valence-corrected chi connectivity index (χ4v) is 0.804. The van der Waals surface area contributed by atoms with Gasteiger partial charge in [0.05, 0.1) is 0 Å². The van der Waals surface area contributed by atoms with Crippen LogP contribution < -0.4 is 5.43 Å². The standard InChI is InChI=1S/C7H6F3NO/c1-4-2-11-3-5(6(4)12)7(8,9)10/h2-3H,1H3,(H,11,12). The quantitative estimate of drug-likeness (QED) is 0.642. The summed E-state index contributed by atoms with van der Waals surface area (Å²) in [5.41, 5.74) is -2.06. The molecule has 12 heavy (non-hydrogen) atoms. The zero-order chi connectivity index (χ0) is 9.35. The van der Waals surface area contributed by atoms with Gasteiger partial charge in [-0.2, -0.15) is 13.2 Å². The van der Waals surface area contributed by atoms with Crippen molar-refractivity contribution < 1.29 is 13.2 Å². The second-order valence-corrected chi connectivity index (χ2v) is 2.38. The van der Waals surface area contributed by atoms with E-state index in [1.165, 1.54) is 13.1 Å². The molecule has 0 aliphatic carbocycles. The number of H-pyrrole nitrogens is 1. The van der Waals surface area contributed by atoms with E-state index in [2.05, 4.69) is 4.98 Å². The van der Waals surface area contributed by atoms with Crippen molar-refractivity contribution in [3.8, 4) is 0 Å². The van der Waals surface area contributed by atoms with Gasteiger partial charge >= 0.3 is 6.18 Å². The van der Waals surface area contributed by atoms with Crippen molar-refractivity contribution in [2.75, 3.05) is 0 Å². The number of rotatable bonds is 0. The number of aromatic amines is 1. The van der Waals surface area contributed by atoms with Gasteiger partial charge in [0.1, 0.15) is 5.56 Å². The van der Waals surface area contributed by atoms with Gasteiger partial charge in [-0.15, -0.1) is 0 Å². The monoisotopic (exact) mass is 177 g/mol. The average molecular weight is 177 g/mol. The Morgan fingerprint density at radius 1 is 1.33 bits per heavy atom. The second kappa shape index (κ2) is 2.66. The molecular formula is C7H6F3NO. The third kappa shape index (κ3) is 1.49. The van der Waals surface area contributed by atoms with Gasteiger partial charge in [-0.25, -0.2) is 0 Å². The first kappa shape index (κ1) is 8.83. The van der Waals surface area contributed by atoms with Crippen LogP contribution in [0.2, 0.25) is 0 Å². The molecule has 0 radical (unpaired) electrons. The molecule has 0 amide bonds. The minimum Gasteiger partial charge on any atom is -0.367 e. The number of hydrogen-bond donors (Lipinski definition) is 1. The van der Waals surface area contributed by atoms with Gasteiger partial charge in [-0.3, -0.25) is 4.79 Å². The summed E-state index contributed by atoms with van der Waals surface area (Å²) in [6.07, 6.45) is -2.67. The topological polar surface area (TPSA) is 32.9 Å². The first-order valence-corrected chi connectivity index (χ1v) is 3.18. The number of halogens is 3. The lowest BCUT2D eigenvalue weighted by Crippen LogP contribution is -2.20. The van der Waals surface area contributed by atoms with Gasteiger partial charge in [0.15, 0.2) is 5.43 Å². The van der Waals surface area contributed by atoms with Gasteiger partial charge < -0.3 is 4.98 Å². The number of aromatic nitrogens is 1. The van der Waals surface area contributed by atoms with E-state index in [-0.39, 0.29) is 5.56 Å². The number of hydrogen-bond acceptors (Lipinski definition) is 1. The highest BCUT2D eigenvalue weighted by Gasteiger charge is 2.33. The van der Waals surface area contributed by atoms with E-state index in [0.29, 0.717) is 6.20 Å². The van der Waals surface area contributed by atoms with Crippen molar-refractivity contribution in [1.29, 1.82) is 0 Å². The maximum atomic E-state index is 12.0. The molecule has 0 saturated carbocycles. The fraction of sp³-hybridized carbons (Fsp3) is 0.286. The fourth-order valence-electron chi connectivity index (χ4n) is 0.804. The summed E-state index contributed by atoms with van der Waals surface area (Å²) in [5.74, 6) is 0. The highest BCUT2D eigenvalue weighted by molar-refractivity contribution is 5.19. The SMILES string of the molecule is Cc1c[nH]cc(C(F)(F)F)c1=O. The van der Waals surface area contributed by atoms with Crippen molar-refractivity contribution in [1.82, 2.24) is 4.98 Å². The summed E-state index contributed by atoms with van der Waals surface area (Å²) < 4.78 is 36.0. The van der Waals surface area contributed by atoms with Crippen LogP contribution in [0, 0.1) is 6.92 Å². The number of nitrogens with one attached hydrogen (secondary N) is 1. The molecule has 1 N–H and O–H groups in total. The minimum absolute atomic E-state index is 0.0600. The Kier molecular flexibility index (Phi) is 1.95. The van der Waals surface area contributed by atoms with Crippen LogP contribution in [0.15, 0.2) is 17.2 Å². The Hall–Kier alpha value is -1.26. The zero-order valence-corrected chi connectivity index (χ0v) is 6.20. The molecule has 0 aliphatic rings. The Balaban J connectivity index is 3.37. The smallest absolute Gasteiger partial charge is 0.367 e. The van der Waals surface area contributed by atoms with E-state index >= 15 is 0 Å². The lowest BCUT2D eigenvalue weighted by Gasteiger charge is -2.04. The van der Waals surface area contributed by atoms with Crippen molar-refractivity contribution in [3.05, 3.63) is 33.7 Å². The molecule has 0 aliphatic heterocycles. The van der Waals surface area contributed by atoms with Gasteiger partial charge in [-0.1, -0.05) is 0 Å². The maximum Gasteiger partial charge on any atom is 0.421 e. The third-order valence-corrected chi connectivity index (χ3v) is 1.44. The number of aryl methyl sites for hydroxylation is 1. The van der Waals surface area contributed by atoms with Crippen molar-refractivity contribution >= 4 is 0 Å². The largest absolute Gasteiger partial charge is 0.421 e. The van der Waals surface area contributed by atoms with Gasteiger partial charge in [0.2, 0.25) is 0 Å². The molecule has 1 rings (SSSR count). The Bertz CT molecular complexity index is 339. The second-order valence-electron chi connectivity index (χ2n) is 2.38. The lowest BCUT2D eigenvalue weighted by atomic mass is 10.2. The van der Waals surface area contributed by atoms with Crippen LogP contribution in [0.4, 0.5) is 13.2 Å². The lowest BCUT2D eigenvalue weighted by molar-refractivity contribution is -0.138. The average Bonchev–Trinajstić information content (AvgIpc) is 1.92. The van der Waals surface area contributed by atoms with Crippen LogP contribution in [-0.4, -0.2) is 4.98 Å². The highest BCUT2D eigenvalue weighted by atomic mass is 19.4. The normalized spacial score (nSPS) is 11.7. The summed E-state index contributed by atoms with van der Waals surface area (Å²) >= 11 is 0. The van der Waals surface area contributed by atoms with E-state index in [9.17, 15) is 18.0 Å². The van der Waals surface area contributed by atoms with Crippen LogP contribution >= 0.6 is 0 Å². The van der Waals surface area contributed by atoms with Gasteiger partial charge in [0.25, 0.3) is 0 Å². The van der Waals surface area contributed by atoms with Crippen LogP contribution in [-0.2, 0) is 6.18 Å². The van der Waals surface area contributed by atoms with Crippen LogP contribution in [0.5, 0.6) is 0 Å². The minimum atomic E-state index is -4.57. The van der Waals surface area contributed by atoms with E-state index < -0.39 is 17.2 Å². The summed E-state index contributed by atoms with van der Waals surface area (Å²) in [5, 5.41) is 0. The van der Waals surface area contributed by atoms with E-state index in [0.717, 1.165) is 0 Å². The first-order chi connectivity index (χ1) is 5.43. The predicted octanol–water partition coefficient (Wildman–Crippen LogP) is 1.70. The molecule has 0 fully saturated rings. The maximum absolute atomic E-state index is 12.0. The molecule has 66 valence electrons. The van der Waals surface area contributed by atoms with E-state index in [4.69, 9.17) is 0 Å². The molecule has 1 aromatic rings. The Morgan fingerprint density at radius 3 is 2.33 bits per heavy atom. The van der Waals surface area contributed by atoms with Crippen molar-refractivity contribution in [2.45, 2.75) is 13.1 Å². The Morgan fingerprint density at radius 2 is 1.92 bits per heavy atom. The van der Waals surface area contributed by atoms with E-state index in [1.807, 2.05) is 0 Å². The molecule has 0 atom stereocenters.